The fraction of sp³-hybridized carbons (Fsp3) is 0. The van der Waals surface area contributed by atoms with Gasteiger partial charge in [-0.25, -0.2) is 0 Å². The van der Waals surface area contributed by atoms with Crippen LogP contribution in [0.15, 0.2) is 48.8 Å². The number of hydrogen-bond acceptors (Lipinski definition) is 1. The van der Waals surface area contributed by atoms with Gasteiger partial charge >= 0.3 is 0 Å². The predicted molar refractivity (Wildman–Crippen MR) is 100 cm³/mol. The lowest BCUT2D eigenvalue weighted by molar-refractivity contribution is 1.33. The van der Waals surface area contributed by atoms with Gasteiger partial charge < -0.3 is 0 Å². The molecule has 0 N–H and O–H groups in total. The van der Waals surface area contributed by atoms with E-state index in [0.29, 0.717) is 47.4 Å². The summed E-state index contributed by atoms with van der Waals surface area (Å²) in [7, 11) is 0. The third-order valence-electron chi connectivity index (χ3n) is 3.32. The number of halogens is 5. The lowest BCUT2D eigenvalue weighted by atomic mass is 10.0. The number of nitrogens with zero attached hydrogens (tertiary/aromatic N) is 1. The van der Waals surface area contributed by atoms with Crippen molar-refractivity contribution in [2.45, 2.75) is 0 Å². The molecule has 0 aliphatic carbocycles. The van der Waals surface area contributed by atoms with Crippen molar-refractivity contribution in [3.05, 3.63) is 73.9 Å². The van der Waals surface area contributed by atoms with Crippen molar-refractivity contribution in [1.29, 1.82) is 0 Å². The van der Waals surface area contributed by atoms with E-state index in [0.717, 1.165) is 0 Å². The van der Waals surface area contributed by atoms with E-state index in [1.807, 2.05) is 0 Å². The normalized spacial score (nSPS) is 10.8. The quantitative estimate of drug-likeness (QED) is 0.427. The molecule has 1 nitrogen and oxygen atoms in total. The Morgan fingerprint density at radius 2 is 1.00 bits per heavy atom. The molecule has 0 atom stereocenters. The van der Waals surface area contributed by atoms with Crippen molar-refractivity contribution in [1.82, 2.24) is 4.98 Å². The van der Waals surface area contributed by atoms with Crippen LogP contribution in [0.5, 0.6) is 0 Å². The highest BCUT2D eigenvalue weighted by molar-refractivity contribution is 6.40. The van der Waals surface area contributed by atoms with Crippen molar-refractivity contribution >= 4 is 58.0 Å². The Bertz CT molecular complexity index is 822. The zero-order chi connectivity index (χ0) is 16.6. The minimum Gasteiger partial charge on any atom is -0.263 e. The van der Waals surface area contributed by atoms with E-state index in [1.165, 1.54) is 0 Å². The van der Waals surface area contributed by atoms with E-state index in [2.05, 4.69) is 4.98 Å². The van der Waals surface area contributed by atoms with Gasteiger partial charge in [0.05, 0.1) is 5.02 Å². The van der Waals surface area contributed by atoms with Gasteiger partial charge in [-0.3, -0.25) is 4.98 Å². The molecule has 23 heavy (non-hydrogen) atoms. The van der Waals surface area contributed by atoms with Crippen LogP contribution in [-0.4, -0.2) is 4.98 Å². The molecule has 0 spiro atoms. The first-order chi connectivity index (χ1) is 11.0. The molecule has 6 heteroatoms. The highest BCUT2D eigenvalue weighted by Crippen LogP contribution is 2.41. The van der Waals surface area contributed by atoms with E-state index in [-0.39, 0.29) is 0 Å². The summed E-state index contributed by atoms with van der Waals surface area (Å²) in [6.07, 6.45) is 3.28. The molecule has 0 aliphatic heterocycles. The fourth-order valence-corrected chi connectivity index (χ4v) is 3.31. The van der Waals surface area contributed by atoms with Crippen molar-refractivity contribution in [3.8, 4) is 22.3 Å². The average Bonchev–Trinajstić information content (AvgIpc) is 2.53. The summed E-state index contributed by atoms with van der Waals surface area (Å²) in [6, 6.07) is 10.4. The smallest absolute Gasteiger partial charge is 0.0594 e. The summed E-state index contributed by atoms with van der Waals surface area (Å²) in [5.41, 5.74) is 2.76. The highest BCUT2D eigenvalue weighted by Gasteiger charge is 2.15. The fourth-order valence-electron chi connectivity index (χ4n) is 2.23. The van der Waals surface area contributed by atoms with Gasteiger partial charge in [0.2, 0.25) is 0 Å². The van der Waals surface area contributed by atoms with Gasteiger partial charge in [0.1, 0.15) is 0 Å². The highest BCUT2D eigenvalue weighted by atomic mass is 35.5. The van der Waals surface area contributed by atoms with Crippen LogP contribution in [0.3, 0.4) is 0 Å². The van der Waals surface area contributed by atoms with Gasteiger partial charge in [-0.1, -0.05) is 58.0 Å². The molecule has 0 radical (unpaired) electrons. The summed E-state index contributed by atoms with van der Waals surface area (Å²) in [5.74, 6) is 0. The molecule has 0 saturated heterocycles. The van der Waals surface area contributed by atoms with Gasteiger partial charge in [0.15, 0.2) is 0 Å². The van der Waals surface area contributed by atoms with E-state index >= 15 is 0 Å². The molecule has 2 aromatic carbocycles. The van der Waals surface area contributed by atoms with Crippen LogP contribution in [0.25, 0.3) is 22.3 Å². The van der Waals surface area contributed by atoms with Crippen LogP contribution in [0, 0.1) is 0 Å². The Labute approximate surface area is 158 Å². The third kappa shape index (κ3) is 3.45. The molecule has 0 fully saturated rings. The van der Waals surface area contributed by atoms with Crippen LogP contribution in [0.1, 0.15) is 0 Å². The van der Waals surface area contributed by atoms with Gasteiger partial charge in [-0.2, -0.15) is 0 Å². The van der Waals surface area contributed by atoms with E-state index < -0.39 is 0 Å². The van der Waals surface area contributed by atoms with Crippen LogP contribution in [0.4, 0.5) is 0 Å². The van der Waals surface area contributed by atoms with Crippen molar-refractivity contribution < 1.29 is 0 Å². The second-order valence-corrected chi connectivity index (χ2v) is 6.86. The first-order valence-electron chi connectivity index (χ1n) is 6.51. The molecule has 0 amide bonds. The maximum absolute atomic E-state index is 6.58. The Kier molecular flexibility index (Phi) is 5.05. The Hall–Kier alpha value is -0.960. The van der Waals surface area contributed by atoms with Gasteiger partial charge in [0, 0.05) is 54.7 Å². The SMILES string of the molecule is Clc1ccc(Cl)c(-c2cncc(-c3cc(Cl)ccc3Cl)c2Cl)c1. The molecule has 0 unspecified atom stereocenters. The maximum Gasteiger partial charge on any atom is 0.0594 e. The number of benzene rings is 2. The second-order valence-electron chi connectivity index (χ2n) is 4.80. The Morgan fingerprint density at radius 1 is 0.565 bits per heavy atom. The Morgan fingerprint density at radius 3 is 1.43 bits per heavy atom. The molecule has 0 aliphatic rings. The lowest BCUT2D eigenvalue weighted by Gasteiger charge is -2.12. The van der Waals surface area contributed by atoms with E-state index in [9.17, 15) is 0 Å². The summed E-state index contributed by atoms with van der Waals surface area (Å²) in [5, 5.41) is 2.67. The zero-order valence-corrected chi connectivity index (χ0v) is 15.2. The molecule has 116 valence electrons. The van der Waals surface area contributed by atoms with Crippen molar-refractivity contribution in [2.24, 2.45) is 0 Å². The van der Waals surface area contributed by atoms with Gasteiger partial charge in [-0.05, 0) is 36.4 Å². The minimum atomic E-state index is 0.480. The average molecular weight is 404 g/mol. The molecule has 3 rings (SSSR count). The van der Waals surface area contributed by atoms with Crippen LogP contribution in [-0.2, 0) is 0 Å². The predicted octanol–water partition coefficient (Wildman–Crippen LogP) is 7.68. The summed E-state index contributed by atoms with van der Waals surface area (Å²) >= 11 is 31.2. The molecule has 3 aromatic rings. The second kappa shape index (κ2) is 6.88. The number of pyridine rings is 1. The zero-order valence-electron chi connectivity index (χ0n) is 11.5. The lowest BCUT2D eigenvalue weighted by Crippen LogP contribution is -1.89. The van der Waals surface area contributed by atoms with Crippen LogP contribution >= 0.6 is 58.0 Å². The van der Waals surface area contributed by atoms with E-state index in [1.54, 1.807) is 48.8 Å². The number of aromatic nitrogens is 1. The summed E-state index contributed by atoms with van der Waals surface area (Å²) in [4.78, 5) is 4.25. The maximum atomic E-state index is 6.58. The van der Waals surface area contributed by atoms with Crippen molar-refractivity contribution in [3.63, 3.8) is 0 Å². The summed E-state index contributed by atoms with van der Waals surface area (Å²) < 4.78 is 0. The largest absolute Gasteiger partial charge is 0.263 e. The minimum absolute atomic E-state index is 0.480. The number of hydrogen-bond donors (Lipinski definition) is 0. The topological polar surface area (TPSA) is 12.9 Å². The Balaban J connectivity index is 2.23. The molecule has 1 aromatic heterocycles. The van der Waals surface area contributed by atoms with Crippen LogP contribution in [0.2, 0.25) is 25.1 Å². The van der Waals surface area contributed by atoms with E-state index in [4.69, 9.17) is 58.0 Å². The first kappa shape index (κ1) is 16.9. The third-order valence-corrected chi connectivity index (χ3v) is 4.85. The van der Waals surface area contributed by atoms with Gasteiger partial charge in [0.25, 0.3) is 0 Å². The standard InChI is InChI=1S/C17H8Cl5N/c18-9-1-3-15(20)11(5-9)13-7-23-8-14(17(13)22)12-6-10(19)2-4-16(12)21/h1-8H. The molecule has 0 bridgehead atoms. The monoisotopic (exact) mass is 401 g/mol. The molecular formula is C17H8Cl5N. The first-order valence-corrected chi connectivity index (χ1v) is 8.40. The molecular weight excluding hydrogens is 395 g/mol. The van der Waals surface area contributed by atoms with Crippen LogP contribution < -0.4 is 0 Å². The van der Waals surface area contributed by atoms with Crippen molar-refractivity contribution in [2.75, 3.05) is 0 Å². The summed E-state index contributed by atoms with van der Waals surface area (Å²) in [6.45, 7) is 0. The molecule has 1 heterocycles. The van der Waals surface area contributed by atoms with Gasteiger partial charge in [-0.15, -0.1) is 0 Å². The number of rotatable bonds is 2. The molecule has 0 saturated carbocycles.